The van der Waals surface area contributed by atoms with Crippen LogP contribution in [0.3, 0.4) is 0 Å². The van der Waals surface area contributed by atoms with E-state index in [0.29, 0.717) is 28.9 Å². The van der Waals surface area contributed by atoms with E-state index in [2.05, 4.69) is 5.32 Å². The Labute approximate surface area is 196 Å². The van der Waals surface area contributed by atoms with Crippen LogP contribution in [-0.4, -0.2) is 62.2 Å². The van der Waals surface area contributed by atoms with Crippen molar-refractivity contribution in [2.24, 2.45) is 5.92 Å². The molecular formula is C22H33IN2O5. The predicted octanol–water partition coefficient (Wildman–Crippen LogP) is -0.0760. The number of carbonyl (C=O) groups excluding carboxylic acids is 3. The summed E-state index contributed by atoms with van der Waals surface area (Å²) in [4.78, 5) is 37.3. The molecule has 2 unspecified atom stereocenters. The van der Waals surface area contributed by atoms with E-state index in [1.54, 1.807) is 12.1 Å². The van der Waals surface area contributed by atoms with Crippen molar-refractivity contribution in [1.82, 2.24) is 0 Å². The first-order chi connectivity index (χ1) is 13.9. The molecule has 2 rings (SSSR count). The number of anilines is 1. The van der Waals surface area contributed by atoms with E-state index in [1.807, 2.05) is 26.8 Å². The Hall–Kier alpha value is -1.68. The van der Waals surface area contributed by atoms with E-state index in [0.717, 1.165) is 37.9 Å². The minimum Gasteiger partial charge on any atom is -1.00 e. The SMILES string of the molecule is CCCOC(=O)C1CCC[N+](CC)(CC(=O)Nc2c(C)cccc2C(=O)OC)C1.[I-]. The highest BCUT2D eigenvalue weighted by molar-refractivity contribution is 6.02. The van der Waals surface area contributed by atoms with E-state index >= 15 is 0 Å². The van der Waals surface area contributed by atoms with Crippen molar-refractivity contribution in [2.45, 2.75) is 40.0 Å². The molecule has 1 aromatic carbocycles. The Morgan fingerprint density at radius 3 is 2.60 bits per heavy atom. The summed E-state index contributed by atoms with van der Waals surface area (Å²) >= 11 is 0. The van der Waals surface area contributed by atoms with Crippen LogP contribution in [0.15, 0.2) is 18.2 Å². The standard InChI is InChI=1S/C22H32N2O5.HI/c1-5-13-29-21(26)17-10-8-12-24(6-2,14-17)15-19(25)23-20-16(3)9-7-11-18(20)22(27)28-4;/h7,9,11,17H,5-6,8,10,12-15H2,1-4H3;1H. The average Bonchev–Trinajstić information content (AvgIpc) is 2.72. The van der Waals surface area contributed by atoms with Gasteiger partial charge in [-0.05, 0) is 44.7 Å². The number of aryl methyl sites for hydroxylation is 1. The van der Waals surface area contributed by atoms with Gasteiger partial charge in [0, 0.05) is 0 Å². The van der Waals surface area contributed by atoms with Gasteiger partial charge in [-0.25, -0.2) is 4.79 Å². The summed E-state index contributed by atoms with van der Waals surface area (Å²) in [7, 11) is 1.32. The lowest BCUT2D eigenvalue weighted by atomic mass is 9.95. The zero-order valence-corrected chi connectivity index (χ0v) is 20.5. The first-order valence-electron chi connectivity index (χ1n) is 10.3. The average molecular weight is 532 g/mol. The Balaban J connectivity index is 0.00000450. The topological polar surface area (TPSA) is 81.7 Å². The second-order valence-electron chi connectivity index (χ2n) is 7.77. The van der Waals surface area contributed by atoms with Crippen LogP contribution < -0.4 is 29.3 Å². The van der Waals surface area contributed by atoms with E-state index in [9.17, 15) is 14.4 Å². The number of esters is 2. The number of piperidine rings is 1. The molecule has 0 radical (unpaired) electrons. The van der Waals surface area contributed by atoms with Gasteiger partial charge in [-0.2, -0.15) is 0 Å². The number of nitrogens with zero attached hydrogens (tertiary/aromatic N) is 1. The number of nitrogens with one attached hydrogen (secondary N) is 1. The number of carbonyl (C=O) groups is 3. The fraction of sp³-hybridized carbons (Fsp3) is 0.591. The Bertz CT molecular complexity index is 755. The van der Waals surface area contributed by atoms with E-state index in [4.69, 9.17) is 9.47 Å². The van der Waals surface area contributed by atoms with Crippen molar-refractivity contribution >= 4 is 23.5 Å². The Morgan fingerprint density at radius 1 is 1.23 bits per heavy atom. The third-order valence-corrected chi connectivity index (χ3v) is 5.67. The van der Waals surface area contributed by atoms with E-state index in [1.165, 1.54) is 7.11 Å². The van der Waals surface area contributed by atoms with E-state index < -0.39 is 5.97 Å². The molecule has 1 saturated heterocycles. The van der Waals surface area contributed by atoms with Crippen molar-refractivity contribution in [3.05, 3.63) is 29.3 Å². The number of rotatable bonds is 8. The highest BCUT2D eigenvalue weighted by Crippen LogP contribution is 2.26. The zero-order chi connectivity index (χ0) is 21.4. The molecule has 0 bridgehead atoms. The molecule has 0 aromatic heterocycles. The summed E-state index contributed by atoms with van der Waals surface area (Å²) in [6, 6.07) is 5.24. The summed E-state index contributed by atoms with van der Waals surface area (Å²) in [5.74, 6) is -0.990. The molecule has 1 N–H and O–H groups in total. The number of hydrogen-bond donors (Lipinski definition) is 1. The Morgan fingerprint density at radius 2 is 1.97 bits per heavy atom. The van der Waals surface area contributed by atoms with Gasteiger partial charge in [0.05, 0.1) is 44.6 Å². The van der Waals surface area contributed by atoms with Crippen molar-refractivity contribution in [1.29, 1.82) is 0 Å². The lowest BCUT2D eigenvalue weighted by Gasteiger charge is -2.42. The zero-order valence-electron chi connectivity index (χ0n) is 18.3. The molecule has 0 saturated carbocycles. The van der Waals surface area contributed by atoms with Crippen molar-refractivity contribution in [3.63, 3.8) is 0 Å². The van der Waals surface area contributed by atoms with E-state index in [-0.39, 0.29) is 48.3 Å². The lowest BCUT2D eigenvalue weighted by Crippen LogP contribution is -3.00. The molecule has 0 spiro atoms. The fourth-order valence-corrected chi connectivity index (χ4v) is 3.98. The first kappa shape index (κ1) is 26.4. The normalized spacial score (nSPS) is 20.6. The number of likely N-dealkylation sites (tertiary alicyclic amines) is 1. The van der Waals surface area contributed by atoms with Gasteiger partial charge in [0.15, 0.2) is 6.54 Å². The molecule has 1 aliphatic rings. The van der Waals surface area contributed by atoms with Gasteiger partial charge in [0.1, 0.15) is 5.92 Å². The molecule has 0 aliphatic carbocycles. The summed E-state index contributed by atoms with van der Waals surface area (Å²) in [5, 5.41) is 2.91. The molecule has 2 atom stereocenters. The smallest absolute Gasteiger partial charge is 0.339 e. The van der Waals surface area contributed by atoms with Crippen LogP contribution in [0.1, 0.15) is 49.0 Å². The maximum absolute atomic E-state index is 12.9. The van der Waals surface area contributed by atoms with Crippen LogP contribution in [0, 0.1) is 12.8 Å². The molecule has 1 amide bonds. The second-order valence-corrected chi connectivity index (χ2v) is 7.77. The fourth-order valence-electron chi connectivity index (χ4n) is 3.98. The molecule has 1 aromatic rings. The summed E-state index contributed by atoms with van der Waals surface area (Å²) in [5.41, 5.74) is 1.61. The number of methoxy groups -OCH3 is 1. The maximum atomic E-state index is 12.9. The number of para-hydroxylation sites is 1. The monoisotopic (exact) mass is 532 g/mol. The van der Waals surface area contributed by atoms with Crippen LogP contribution in [-0.2, 0) is 19.1 Å². The molecule has 8 heteroatoms. The van der Waals surface area contributed by atoms with Crippen LogP contribution in [0.25, 0.3) is 0 Å². The molecule has 1 aliphatic heterocycles. The lowest BCUT2D eigenvalue weighted by molar-refractivity contribution is -0.925. The molecule has 1 heterocycles. The quantitative estimate of drug-likeness (QED) is 0.288. The number of hydrogen-bond acceptors (Lipinski definition) is 5. The van der Waals surface area contributed by atoms with Crippen LogP contribution in [0.2, 0.25) is 0 Å². The van der Waals surface area contributed by atoms with Gasteiger partial charge < -0.3 is 43.3 Å². The number of halogens is 1. The summed E-state index contributed by atoms with van der Waals surface area (Å²) in [6.07, 6.45) is 2.48. The number of benzene rings is 1. The largest absolute Gasteiger partial charge is 1.00 e. The number of likely N-dealkylation sites (N-methyl/N-ethyl adjacent to an activating group) is 1. The van der Waals surface area contributed by atoms with Crippen LogP contribution >= 0.6 is 0 Å². The molecule has 168 valence electrons. The molecule has 7 nitrogen and oxygen atoms in total. The summed E-state index contributed by atoms with van der Waals surface area (Å²) in [6.45, 7) is 8.74. The number of ether oxygens (including phenoxy) is 2. The third kappa shape index (κ3) is 6.66. The van der Waals surface area contributed by atoms with Gasteiger partial charge in [0.25, 0.3) is 5.91 Å². The van der Waals surface area contributed by atoms with Gasteiger partial charge in [-0.1, -0.05) is 19.1 Å². The Kier molecular flexibility index (Phi) is 10.8. The molecule has 1 fully saturated rings. The van der Waals surface area contributed by atoms with Gasteiger partial charge in [-0.3, -0.25) is 9.59 Å². The highest BCUT2D eigenvalue weighted by Gasteiger charge is 2.39. The third-order valence-electron chi connectivity index (χ3n) is 5.67. The van der Waals surface area contributed by atoms with Crippen LogP contribution in [0.4, 0.5) is 5.69 Å². The minimum atomic E-state index is -0.486. The second kappa shape index (κ2) is 12.2. The number of amides is 1. The minimum absolute atomic E-state index is 0. The predicted molar refractivity (Wildman–Crippen MR) is 111 cm³/mol. The summed E-state index contributed by atoms with van der Waals surface area (Å²) < 4.78 is 10.7. The van der Waals surface area contributed by atoms with Crippen molar-refractivity contribution < 1.29 is 52.3 Å². The number of quaternary nitrogens is 1. The maximum Gasteiger partial charge on any atom is 0.339 e. The van der Waals surface area contributed by atoms with Crippen LogP contribution in [0.5, 0.6) is 0 Å². The highest BCUT2D eigenvalue weighted by atomic mass is 127. The van der Waals surface area contributed by atoms with Gasteiger partial charge >= 0.3 is 11.9 Å². The van der Waals surface area contributed by atoms with Gasteiger partial charge in [0.2, 0.25) is 0 Å². The first-order valence-corrected chi connectivity index (χ1v) is 10.3. The van der Waals surface area contributed by atoms with Crippen molar-refractivity contribution in [2.75, 3.05) is 45.2 Å². The molecule has 30 heavy (non-hydrogen) atoms. The molecular weight excluding hydrogens is 499 g/mol. The van der Waals surface area contributed by atoms with Gasteiger partial charge in [-0.15, -0.1) is 0 Å². The van der Waals surface area contributed by atoms with Crippen molar-refractivity contribution in [3.8, 4) is 0 Å².